The molecule has 0 aliphatic carbocycles. The normalized spacial score (nSPS) is 13.9. The Hall–Kier alpha value is -0.550. The molecule has 0 amide bonds. The highest BCUT2D eigenvalue weighted by atomic mass is 32.2. The molecule has 4 nitrogen and oxygen atoms in total. The first kappa shape index (κ1) is 19.8. The second kappa shape index (κ2) is 6.06. The molecule has 0 aromatic heterocycles. The summed E-state index contributed by atoms with van der Waals surface area (Å²) in [6.45, 7) is 0.466. The second-order valence-corrected chi connectivity index (χ2v) is 4.59. The van der Waals surface area contributed by atoms with Gasteiger partial charge >= 0.3 is 27.2 Å². The zero-order valence-electron chi connectivity index (χ0n) is 9.65. The highest BCUT2D eigenvalue weighted by Gasteiger charge is 2.76. The first-order valence-corrected chi connectivity index (χ1v) is 5.85. The van der Waals surface area contributed by atoms with E-state index in [0.29, 0.717) is 6.92 Å². The van der Waals surface area contributed by atoms with Crippen molar-refractivity contribution in [2.75, 3.05) is 14.1 Å². The largest absolute Gasteiger partial charge is 0.437 e. The molecule has 0 aromatic carbocycles. The Labute approximate surface area is 100 Å². The fourth-order valence-electron chi connectivity index (χ4n) is 0.597. The maximum absolute atomic E-state index is 12.4. The maximum atomic E-state index is 12.4. The quantitative estimate of drug-likeness (QED) is 0.616. The summed E-state index contributed by atoms with van der Waals surface area (Å²) in [6, 6.07) is 0. The Morgan fingerprint density at radius 1 is 1.06 bits per heavy atom. The highest BCUT2D eigenvalue weighted by molar-refractivity contribution is 7.87. The van der Waals surface area contributed by atoms with E-state index in [-0.39, 0.29) is 0 Å². The van der Waals surface area contributed by atoms with Crippen LogP contribution >= 0.6 is 0 Å². The predicted octanol–water partition coefficient (Wildman–Crippen LogP) is 1.98. The topological polar surface area (TPSA) is 66.4 Å². The lowest BCUT2D eigenvalue weighted by molar-refractivity contribution is -0.281. The fourth-order valence-corrected chi connectivity index (χ4v) is 1.07. The molecule has 0 fully saturated rings. The molecule has 0 atom stereocenters. The lowest BCUT2D eigenvalue weighted by Crippen LogP contribution is -2.57. The van der Waals surface area contributed by atoms with Crippen molar-refractivity contribution in [3.63, 3.8) is 0 Å². The number of hydrogen-bond acceptors (Lipinski definition) is 3. The average molecular weight is 305 g/mol. The van der Waals surface area contributed by atoms with Gasteiger partial charge in [0.2, 0.25) is 0 Å². The van der Waals surface area contributed by atoms with Crippen LogP contribution < -0.4 is 5.32 Å². The summed E-state index contributed by atoms with van der Waals surface area (Å²) in [6.07, 6.45) is -1.70. The van der Waals surface area contributed by atoms with E-state index in [1.807, 2.05) is 14.1 Å². The molecule has 18 heavy (non-hydrogen) atoms. The van der Waals surface area contributed by atoms with Crippen molar-refractivity contribution in [1.29, 1.82) is 0 Å². The fraction of sp³-hybridized carbons (Fsp3) is 1.00. The minimum Gasteiger partial charge on any atom is -0.323 e. The van der Waals surface area contributed by atoms with Crippen molar-refractivity contribution < 1.29 is 39.3 Å². The Balaban J connectivity index is 0. The Morgan fingerprint density at radius 3 is 1.50 bits per heavy atom. The van der Waals surface area contributed by atoms with Gasteiger partial charge in [-0.3, -0.25) is 4.55 Å². The monoisotopic (exact) mass is 305 g/mol. The van der Waals surface area contributed by atoms with Gasteiger partial charge in [-0.15, -0.1) is 0 Å². The number of rotatable bonds is 4. The molecule has 0 aliphatic heterocycles. The molecular weight excluding hydrogens is 292 g/mol. The summed E-state index contributed by atoms with van der Waals surface area (Å²) >= 11 is 0. The van der Waals surface area contributed by atoms with E-state index >= 15 is 0 Å². The molecule has 0 unspecified atom stereocenters. The summed E-state index contributed by atoms with van der Waals surface area (Å²) in [5, 5.41) is -3.49. The van der Waals surface area contributed by atoms with Crippen molar-refractivity contribution in [1.82, 2.24) is 5.32 Å². The van der Waals surface area contributed by atoms with Crippen LogP contribution in [-0.2, 0) is 10.1 Å². The van der Waals surface area contributed by atoms with E-state index in [4.69, 9.17) is 4.55 Å². The molecule has 0 saturated heterocycles. The lowest BCUT2D eigenvalue weighted by Gasteiger charge is -2.29. The van der Waals surface area contributed by atoms with E-state index in [1.165, 1.54) is 0 Å². The van der Waals surface area contributed by atoms with E-state index in [0.717, 1.165) is 0 Å². The van der Waals surface area contributed by atoms with Crippen LogP contribution in [0, 0.1) is 0 Å². The summed E-state index contributed by atoms with van der Waals surface area (Å²) in [5.74, 6) is -11.4. The van der Waals surface area contributed by atoms with Gasteiger partial charge in [-0.25, -0.2) is 0 Å². The van der Waals surface area contributed by atoms with Crippen LogP contribution in [0.25, 0.3) is 0 Å². The van der Waals surface area contributed by atoms with Crippen molar-refractivity contribution in [2.24, 2.45) is 0 Å². The van der Waals surface area contributed by atoms with Crippen LogP contribution in [0.5, 0.6) is 0 Å². The van der Waals surface area contributed by atoms with Gasteiger partial charge in [0, 0.05) is 6.42 Å². The summed E-state index contributed by atoms with van der Waals surface area (Å²) in [5.41, 5.74) is 0. The van der Waals surface area contributed by atoms with Crippen LogP contribution in [0.3, 0.4) is 0 Å². The zero-order chi connectivity index (χ0) is 15.4. The zero-order valence-corrected chi connectivity index (χ0v) is 10.5. The molecule has 2 N–H and O–H groups in total. The molecule has 112 valence electrons. The van der Waals surface area contributed by atoms with Crippen LogP contribution in [-0.4, -0.2) is 44.2 Å². The van der Waals surface area contributed by atoms with Gasteiger partial charge in [0.05, 0.1) is 0 Å². The van der Waals surface area contributed by atoms with Gasteiger partial charge in [-0.2, -0.15) is 34.8 Å². The molecule has 0 aliphatic rings. The summed E-state index contributed by atoms with van der Waals surface area (Å²) in [4.78, 5) is 0. The first-order chi connectivity index (χ1) is 7.72. The minimum absolute atomic E-state index is 0.466. The third-order valence-electron chi connectivity index (χ3n) is 1.59. The number of alkyl halides is 6. The van der Waals surface area contributed by atoms with E-state index in [9.17, 15) is 34.8 Å². The Kier molecular flexibility index (Phi) is 6.66. The van der Waals surface area contributed by atoms with Crippen LogP contribution in [0.2, 0.25) is 0 Å². The molecule has 0 heterocycles. The second-order valence-electron chi connectivity index (χ2n) is 3.12. The number of nitrogens with one attached hydrogen (secondary N) is 1. The molecule has 0 aromatic rings. The summed E-state index contributed by atoms with van der Waals surface area (Å²) in [7, 11) is -2.87. The standard InChI is InChI=1S/C5H6F6O3S.C2H7N/c1-2-3(6,7)4(8,9)5(10,11)15(12,13)14;1-3-2/h2H2,1H3,(H,12,13,14);3H,1-2H3. The maximum Gasteiger partial charge on any atom is 0.437 e. The summed E-state index contributed by atoms with van der Waals surface area (Å²) < 4.78 is 102. The smallest absolute Gasteiger partial charge is 0.323 e. The molecular formula is C7H13F6NO3S. The van der Waals surface area contributed by atoms with Gasteiger partial charge in [0.25, 0.3) is 0 Å². The molecule has 0 spiro atoms. The van der Waals surface area contributed by atoms with Crippen LogP contribution in [0.4, 0.5) is 26.3 Å². The lowest BCUT2D eigenvalue weighted by atomic mass is 10.1. The molecule has 0 radical (unpaired) electrons. The van der Waals surface area contributed by atoms with Gasteiger partial charge in [0.15, 0.2) is 0 Å². The predicted molar refractivity (Wildman–Crippen MR) is 51.7 cm³/mol. The third-order valence-corrected chi connectivity index (χ3v) is 2.50. The van der Waals surface area contributed by atoms with Crippen molar-refractivity contribution in [3.8, 4) is 0 Å². The average Bonchev–Trinajstić information content (AvgIpc) is 2.16. The first-order valence-electron chi connectivity index (χ1n) is 4.41. The van der Waals surface area contributed by atoms with E-state index in [1.54, 1.807) is 0 Å². The van der Waals surface area contributed by atoms with Crippen LogP contribution in [0.1, 0.15) is 13.3 Å². The van der Waals surface area contributed by atoms with E-state index in [2.05, 4.69) is 5.32 Å². The van der Waals surface area contributed by atoms with Gasteiger partial charge in [-0.1, -0.05) is 6.92 Å². The SMILES string of the molecule is CCC(F)(F)C(F)(F)C(F)(F)S(=O)(=O)O.CNC. The van der Waals surface area contributed by atoms with Crippen molar-refractivity contribution >= 4 is 10.1 Å². The number of hydrogen-bond donors (Lipinski definition) is 2. The molecule has 11 heteroatoms. The van der Waals surface area contributed by atoms with Gasteiger partial charge in [0.1, 0.15) is 0 Å². The van der Waals surface area contributed by atoms with E-state index < -0.39 is 33.6 Å². The molecule has 0 saturated carbocycles. The molecule has 0 bridgehead atoms. The minimum atomic E-state index is -6.62. The van der Waals surface area contributed by atoms with Gasteiger partial charge in [-0.05, 0) is 14.1 Å². The van der Waals surface area contributed by atoms with Crippen LogP contribution in [0.15, 0.2) is 0 Å². The number of halogens is 6. The Morgan fingerprint density at radius 2 is 1.33 bits per heavy atom. The highest BCUT2D eigenvalue weighted by Crippen LogP contribution is 2.49. The Bertz CT molecular complexity index is 356. The van der Waals surface area contributed by atoms with Crippen molar-refractivity contribution in [2.45, 2.75) is 30.4 Å². The molecule has 0 rings (SSSR count). The van der Waals surface area contributed by atoms with Gasteiger partial charge < -0.3 is 5.32 Å². The third kappa shape index (κ3) is 3.72. The van der Waals surface area contributed by atoms with Crippen molar-refractivity contribution in [3.05, 3.63) is 0 Å².